The van der Waals surface area contributed by atoms with Crippen LogP contribution in [0.25, 0.3) is 22.1 Å². The first kappa shape index (κ1) is 17.8. The Kier molecular flexibility index (Phi) is 4.15. The highest BCUT2D eigenvalue weighted by molar-refractivity contribution is 6.33. The second-order valence-electron chi connectivity index (χ2n) is 5.31. The minimum atomic E-state index is -5.02. The molecule has 0 fully saturated rings. The smallest absolute Gasteiger partial charge is 0.450 e. The summed E-state index contributed by atoms with van der Waals surface area (Å²) in [5.41, 5.74) is -2.85. The van der Waals surface area contributed by atoms with E-state index >= 15 is 0 Å². The maximum Gasteiger partial charge on any atom is 0.450 e. The summed E-state index contributed by atoms with van der Waals surface area (Å²) in [6.07, 6.45) is -5.02. The Labute approximate surface area is 147 Å². The van der Waals surface area contributed by atoms with Crippen LogP contribution in [-0.4, -0.2) is 16.2 Å². The van der Waals surface area contributed by atoms with E-state index in [-0.39, 0.29) is 27.3 Å². The molecule has 1 aromatic heterocycles. The van der Waals surface area contributed by atoms with Crippen LogP contribution in [-0.2, 0) is 6.18 Å². The molecule has 0 aliphatic rings. The van der Waals surface area contributed by atoms with Gasteiger partial charge in [0.15, 0.2) is 0 Å². The van der Waals surface area contributed by atoms with Gasteiger partial charge in [0.05, 0.1) is 16.5 Å². The summed E-state index contributed by atoms with van der Waals surface area (Å²) < 4.78 is 45.2. The van der Waals surface area contributed by atoms with Gasteiger partial charge in [-0.15, -0.1) is 0 Å². The SMILES string of the molecule is O=C(O)c1ccc(-c2c(C(F)(F)F)oc3cc(O)ccc3c2=O)c(Cl)c1. The van der Waals surface area contributed by atoms with Crippen molar-refractivity contribution in [3.8, 4) is 16.9 Å². The van der Waals surface area contributed by atoms with Gasteiger partial charge < -0.3 is 14.6 Å². The Hall–Kier alpha value is -3.00. The van der Waals surface area contributed by atoms with Gasteiger partial charge in [-0.3, -0.25) is 4.79 Å². The standard InChI is InChI=1S/C17H8ClF3O5/c18-11-5-7(16(24)25)1-3-9(11)13-14(23)10-4-2-8(22)6-12(10)26-15(13)17(19,20)21/h1-6,22H,(H,24,25). The molecule has 9 heteroatoms. The zero-order valence-corrected chi connectivity index (χ0v) is 13.4. The lowest BCUT2D eigenvalue weighted by Crippen LogP contribution is -2.16. The van der Waals surface area contributed by atoms with Crippen molar-refractivity contribution < 1.29 is 32.6 Å². The molecule has 0 aliphatic heterocycles. The number of carbonyl (C=O) groups is 1. The van der Waals surface area contributed by atoms with E-state index in [9.17, 15) is 27.9 Å². The van der Waals surface area contributed by atoms with E-state index in [0.717, 1.165) is 36.4 Å². The van der Waals surface area contributed by atoms with E-state index in [1.54, 1.807) is 0 Å². The third kappa shape index (κ3) is 2.99. The van der Waals surface area contributed by atoms with Gasteiger partial charge in [-0.2, -0.15) is 13.2 Å². The Morgan fingerprint density at radius 3 is 2.38 bits per heavy atom. The average molecular weight is 385 g/mol. The van der Waals surface area contributed by atoms with E-state index in [0.29, 0.717) is 0 Å². The van der Waals surface area contributed by atoms with Crippen molar-refractivity contribution in [1.82, 2.24) is 0 Å². The van der Waals surface area contributed by atoms with E-state index in [4.69, 9.17) is 21.1 Å². The molecule has 0 radical (unpaired) electrons. The fourth-order valence-electron chi connectivity index (χ4n) is 2.48. The molecule has 3 aromatic rings. The van der Waals surface area contributed by atoms with Crippen molar-refractivity contribution in [2.75, 3.05) is 0 Å². The predicted octanol–water partition coefficient (Wildman–Crippen LogP) is 4.54. The third-order valence-electron chi connectivity index (χ3n) is 3.62. The molecule has 0 saturated carbocycles. The van der Waals surface area contributed by atoms with Crippen molar-refractivity contribution in [3.63, 3.8) is 0 Å². The van der Waals surface area contributed by atoms with Crippen LogP contribution in [0.5, 0.6) is 5.75 Å². The molecule has 0 unspecified atom stereocenters. The summed E-state index contributed by atoms with van der Waals surface area (Å²) in [7, 11) is 0. The number of aromatic hydroxyl groups is 1. The van der Waals surface area contributed by atoms with E-state index in [1.807, 2.05) is 0 Å². The fourth-order valence-corrected chi connectivity index (χ4v) is 2.75. The lowest BCUT2D eigenvalue weighted by Gasteiger charge is -2.14. The number of benzene rings is 2. The van der Waals surface area contributed by atoms with Crippen LogP contribution in [0.4, 0.5) is 13.2 Å². The van der Waals surface area contributed by atoms with Gasteiger partial charge in [0.1, 0.15) is 11.3 Å². The molecule has 5 nitrogen and oxygen atoms in total. The van der Waals surface area contributed by atoms with Gasteiger partial charge in [-0.25, -0.2) is 4.79 Å². The summed E-state index contributed by atoms with van der Waals surface area (Å²) in [6, 6.07) is 6.14. The Morgan fingerprint density at radius 2 is 1.81 bits per heavy atom. The van der Waals surface area contributed by atoms with E-state index < -0.39 is 34.5 Å². The number of carboxylic acids is 1. The molecule has 0 bridgehead atoms. The van der Waals surface area contributed by atoms with E-state index in [1.165, 1.54) is 0 Å². The quantitative estimate of drug-likeness (QED) is 0.677. The molecule has 0 aliphatic carbocycles. The van der Waals surface area contributed by atoms with Gasteiger partial charge in [-0.05, 0) is 24.3 Å². The molecule has 0 amide bonds. The first-order valence-corrected chi connectivity index (χ1v) is 7.37. The molecule has 0 saturated heterocycles. The highest BCUT2D eigenvalue weighted by Gasteiger charge is 2.40. The van der Waals surface area contributed by atoms with Crippen molar-refractivity contribution >= 4 is 28.5 Å². The number of phenolic OH excluding ortho intramolecular Hbond substituents is 1. The Morgan fingerprint density at radius 1 is 1.12 bits per heavy atom. The molecular formula is C17H8ClF3O5. The first-order valence-electron chi connectivity index (χ1n) is 7.00. The lowest BCUT2D eigenvalue weighted by molar-refractivity contribution is -0.152. The maximum absolute atomic E-state index is 13.4. The molecule has 26 heavy (non-hydrogen) atoms. The summed E-state index contributed by atoms with van der Waals surface area (Å²) >= 11 is 5.93. The van der Waals surface area contributed by atoms with Crippen LogP contribution in [0.15, 0.2) is 45.6 Å². The number of hydrogen-bond acceptors (Lipinski definition) is 4. The zero-order valence-electron chi connectivity index (χ0n) is 12.6. The first-order chi connectivity index (χ1) is 12.1. The fraction of sp³-hybridized carbons (Fsp3) is 0.0588. The summed E-state index contributed by atoms with van der Waals surface area (Å²) in [5, 5.41) is 17.8. The van der Waals surface area contributed by atoms with Crippen LogP contribution in [0.3, 0.4) is 0 Å². The van der Waals surface area contributed by atoms with E-state index in [2.05, 4.69) is 0 Å². The second-order valence-corrected chi connectivity index (χ2v) is 5.72. The second kappa shape index (κ2) is 6.06. The zero-order chi connectivity index (χ0) is 19.2. The van der Waals surface area contributed by atoms with Gasteiger partial charge in [0.2, 0.25) is 11.2 Å². The summed E-state index contributed by atoms with van der Waals surface area (Å²) in [4.78, 5) is 23.6. The van der Waals surface area contributed by atoms with Gasteiger partial charge in [0.25, 0.3) is 0 Å². The minimum absolute atomic E-state index is 0.191. The minimum Gasteiger partial charge on any atom is -0.508 e. The average Bonchev–Trinajstić information content (AvgIpc) is 2.54. The molecule has 0 atom stereocenters. The van der Waals surface area contributed by atoms with Gasteiger partial charge in [-0.1, -0.05) is 17.7 Å². The highest BCUT2D eigenvalue weighted by Crippen LogP contribution is 2.39. The topological polar surface area (TPSA) is 87.7 Å². The number of carboxylic acid groups (broad SMARTS) is 1. The number of alkyl halides is 3. The third-order valence-corrected chi connectivity index (χ3v) is 3.93. The van der Waals surface area contributed by atoms with Gasteiger partial charge >= 0.3 is 12.1 Å². The lowest BCUT2D eigenvalue weighted by atomic mass is 10.00. The van der Waals surface area contributed by atoms with Crippen LogP contribution in [0.1, 0.15) is 16.1 Å². The Bertz CT molecular complexity index is 1100. The number of halogens is 4. The maximum atomic E-state index is 13.4. The number of hydrogen-bond donors (Lipinski definition) is 2. The van der Waals surface area contributed by atoms with Crippen LogP contribution in [0.2, 0.25) is 5.02 Å². The van der Waals surface area contributed by atoms with Crippen LogP contribution in [0, 0.1) is 0 Å². The summed E-state index contributed by atoms with van der Waals surface area (Å²) in [5.74, 6) is -3.29. The van der Waals surface area contributed by atoms with Crippen molar-refractivity contribution in [3.05, 3.63) is 63.0 Å². The van der Waals surface area contributed by atoms with Crippen LogP contribution < -0.4 is 5.43 Å². The predicted molar refractivity (Wildman–Crippen MR) is 86.6 cm³/mol. The molecule has 2 aromatic carbocycles. The normalized spacial score (nSPS) is 11.7. The van der Waals surface area contributed by atoms with Crippen molar-refractivity contribution in [2.24, 2.45) is 0 Å². The highest BCUT2D eigenvalue weighted by atomic mass is 35.5. The largest absolute Gasteiger partial charge is 0.508 e. The summed E-state index contributed by atoms with van der Waals surface area (Å²) in [6.45, 7) is 0. The number of fused-ring (bicyclic) bond motifs is 1. The molecule has 2 N–H and O–H groups in total. The van der Waals surface area contributed by atoms with Crippen molar-refractivity contribution in [2.45, 2.75) is 6.18 Å². The number of phenols is 1. The Balaban J connectivity index is 2.42. The number of rotatable bonds is 2. The van der Waals surface area contributed by atoms with Crippen LogP contribution >= 0.6 is 11.6 Å². The molecule has 134 valence electrons. The molecule has 1 heterocycles. The van der Waals surface area contributed by atoms with Crippen molar-refractivity contribution in [1.29, 1.82) is 0 Å². The number of aromatic carboxylic acids is 1. The molecule has 0 spiro atoms. The molecular weight excluding hydrogens is 377 g/mol. The molecule has 3 rings (SSSR count). The monoisotopic (exact) mass is 384 g/mol. The van der Waals surface area contributed by atoms with Gasteiger partial charge in [0, 0.05) is 16.7 Å².